The van der Waals surface area contributed by atoms with Gasteiger partial charge in [0.05, 0.1) is 24.8 Å². The summed E-state index contributed by atoms with van der Waals surface area (Å²) in [5, 5.41) is 10.5. The number of aliphatic imine (C=N–C) groups is 1. The van der Waals surface area contributed by atoms with E-state index in [0.717, 1.165) is 24.5 Å². The Morgan fingerprint density at radius 3 is 3.00 bits per heavy atom. The molecule has 0 aromatic carbocycles. The molecular formula is C12H19IN4O2. The van der Waals surface area contributed by atoms with Crippen molar-refractivity contribution in [2.24, 2.45) is 4.99 Å². The van der Waals surface area contributed by atoms with Crippen molar-refractivity contribution in [2.75, 3.05) is 7.05 Å². The Morgan fingerprint density at radius 1 is 1.53 bits per heavy atom. The summed E-state index contributed by atoms with van der Waals surface area (Å²) in [7, 11) is 1.77. The molecule has 1 aromatic heterocycles. The lowest BCUT2D eigenvalue weighted by Gasteiger charge is -2.22. The second-order valence-electron chi connectivity index (χ2n) is 4.78. The predicted octanol–water partition coefficient (Wildman–Crippen LogP) is 1.28. The molecule has 3 unspecified atom stereocenters. The van der Waals surface area contributed by atoms with Gasteiger partial charge in [-0.25, -0.2) is 0 Å². The van der Waals surface area contributed by atoms with Crippen LogP contribution in [0.15, 0.2) is 21.8 Å². The summed E-state index contributed by atoms with van der Waals surface area (Å²) in [4.78, 5) is 4.22. The van der Waals surface area contributed by atoms with Crippen LogP contribution in [0.2, 0.25) is 0 Å². The standard InChI is InChI=1S/C12H18N4O2.HI/c1-13-12(14-7-8-4-5-17-16-8)15-10-6-9-2-3-11(10)18-9;/h4-5,9-11H,2-3,6-7H2,1H3,(H2,13,14,15);1H. The fourth-order valence-electron chi connectivity index (χ4n) is 2.66. The summed E-state index contributed by atoms with van der Waals surface area (Å²) >= 11 is 0. The second kappa shape index (κ2) is 6.56. The van der Waals surface area contributed by atoms with E-state index >= 15 is 0 Å². The van der Waals surface area contributed by atoms with Crippen LogP contribution in [-0.4, -0.2) is 36.4 Å². The molecule has 0 aliphatic carbocycles. The number of nitrogens with zero attached hydrogens (tertiary/aromatic N) is 2. The lowest BCUT2D eigenvalue weighted by atomic mass is 9.96. The van der Waals surface area contributed by atoms with Crippen LogP contribution in [0.5, 0.6) is 0 Å². The van der Waals surface area contributed by atoms with Gasteiger partial charge in [0.25, 0.3) is 0 Å². The van der Waals surface area contributed by atoms with E-state index in [1.54, 1.807) is 13.3 Å². The number of guanidine groups is 1. The lowest BCUT2D eigenvalue weighted by Crippen LogP contribution is -2.47. The second-order valence-corrected chi connectivity index (χ2v) is 4.78. The highest BCUT2D eigenvalue weighted by Crippen LogP contribution is 2.34. The molecule has 2 bridgehead atoms. The van der Waals surface area contributed by atoms with Crippen LogP contribution in [0.1, 0.15) is 25.0 Å². The van der Waals surface area contributed by atoms with E-state index < -0.39 is 0 Å². The van der Waals surface area contributed by atoms with E-state index in [4.69, 9.17) is 9.26 Å². The summed E-state index contributed by atoms with van der Waals surface area (Å²) in [6.45, 7) is 0.609. The minimum Gasteiger partial charge on any atom is -0.373 e. The SMILES string of the molecule is CN=C(NCc1ccon1)NC1CC2CCC1O2.I. The van der Waals surface area contributed by atoms with Crippen molar-refractivity contribution >= 4 is 29.9 Å². The summed E-state index contributed by atoms with van der Waals surface area (Å²) in [5.74, 6) is 0.791. The molecule has 2 aliphatic rings. The number of aromatic nitrogens is 1. The average molecular weight is 378 g/mol. The zero-order valence-electron chi connectivity index (χ0n) is 10.8. The van der Waals surface area contributed by atoms with Gasteiger partial charge in [0, 0.05) is 13.1 Å². The molecule has 3 atom stereocenters. The monoisotopic (exact) mass is 378 g/mol. The first-order valence-corrected chi connectivity index (χ1v) is 6.37. The predicted molar refractivity (Wildman–Crippen MR) is 81.6 cm³/mol. The zero-order chi connectivity index (χ0) is 12.4. The molecule has 106 valence electrons. The van der Waals surface area contributed by atoms with Crippen LogP contribution in [0.4, 0.5) is 0 Å². The van der Waals surface area contributed by atoms with Gasteiger partial charge in [0.2, 0.25) is 0 Å². The van der Waals surface area contributed by atoms with E-state index in [1.165, 1.54) is 6.42 Å². The highest BCUT2D eigenvalue weighted by Gasteiger charge is 2.41. The Bertz CT molecular complexity index is 423. The number of rotatable bonds is 3. The number of hydrogen-bond donors (Lipinski definition) is 2. The van der Waals surface area contributed by atoms with Gasteiger partial charge < -0.3 is 19.9 Å². The van der Waals surface area contributed by atoms with Crippen molar-refractivity contribution in [3.05, 3.63) is 18.0 Å². The van der Waals surface area contributed by atoms with Gasteiger partial charge in [0.1, 0.15) is 12.0 Å². The number of nitrogens with one attached hydrogen (secondary N) is 2. The normalized spacial score (nSPS) is 29.1. The highest BCUT2D eigenvalue weighted by atomic mass is 127. The average Bonchev–Trinajstić information content (AvgIpc) is 3.10. The van der Waals surface area contributed by atoms with Crippen molar-refractivity contribution in [3.8, 4) is 0 Å². The zero-order valence-corrected chi connectivity index (χ0v) is 13.2. The molecule has 6 nitrogen and oxygen atoms in total. The summed E-state index contributed by atoms with van der Waals surface area (Å²) in [6.07, 6.45) is 5.80. The Kier molecular flexibility index (Phi) is 5.03. The largest absolute Gasteiger partial charge is 0.373 e. The summed E-state index contributed by atoms with van der Waals surface area (Å²) in [5.41, 5.74) is 0.863. The van der Waals surface area contributed by atoms with E-state index in [1.807, 2.05) is 6.07 Å². The minimum atomic E-state index is 0. The lowest BCUT2D eigenvalue weighted by molar-refractivity contribution is 0.0992. The molecule has 3 heterocycles. The molecule has 2 fully saturated rings. The van der Waals surface area contributed by atoms with Crippen LogP contribution in [0, 0.1) is 0 Å². The minimum absolute atomic E-state index is 0. The molecule has 19 heavy (non-hydrogen) atoms. The van der Waals surface area contributed by atoms with Crippen molar-refractivity contribution in [1.29, 1.82) is 0 Å². The van der Waals surface area contributed by atoms with Gasteiger partial charge >= 0.3 is 0 Å². The molecule has 1 aromatic rings. The first-order valence-electron chi connectivity index (χ1n) is 6.37. The molecule has 0 amide bonds. The van der Waals surface area contributed by atoms with Crippen LogP contribution in [0.3, 0.4) is 0 Å². The molecule has 7 heteroatoms. The van der Waals surface area contributed by atoms with E-state index in [9.17, 15) is 0 Å². The van der Waals surface area contributed by atoms with Crippen molar-refractivity contribution in [3.63, 3.8) is 0 Å². The summed E-state index contributed by atoms with van der Waals surface area (Å²) < 4.78 is 10.6. The van der Waals surface area contributed by atoms with Gasteiger partial charge in [-0.1, -0.05) is 5.16 Å². The van der Waals surface area contributed by atoms with Gasteiger partial charge in [-0.3, -0.25) is 4.99 Å². The first kappa shape index (κ1) is 14.6. The van der Waals surface area contributed by atoms with Crippen LogP contribution in [-0.2, 0) is 11.3 Å². The fraction of sp³-hybridized carbons (Fsp3) is 0.667. The topological polar surface area (TPSA) is 71.7 Å². The van der Waals surface area contributed by atoms with Crippen molar-refractivity contribution in [2.45, 2.75) is 44.1 Å². The van der Waals surface area contributed by atoms with Gasteiger partial charge in [-0.05, 0) is 19.3 Å². The third-order valence-electron chi connectivity index (χ3n) is 3.58. The molecule has 0 spiro atoms. The van der Waals surface area contributed by atoms with Crippen LogP contribution >= 0.6 is 24.0 Å². The first-order chi connectivity index (χ1) is 8.85. The molecule has 3 rings (SSSR count). The number of hydrogen-bond acceptors (Lipinski definition) is 4. The maximum absolute atomic E-state index is 5.81. The number of fused-ring (bicyclic) bond motifs is 2. The third kappa shape index (κ3) is 3.38. The summed E-state index contributed by atoms with van der Waals surface area (Å²) in [6, 6.07) is 2.22. The maximum atomic E-state index is 5.81. The van der Waals surface area contributed by atoms with Crippen LogP contribution in [0.25, 0.3) is 0 Å². The molecule has 2 saturated heterocycles. The van der Waals surface area contributed by atoms with E-state index in [0.29, 0.717) is 24.8 Å². The van der Waals surface area contributed by atoms with E-state index in [2.05, 4.69) is 20.8 Å². The quantitative estimate of drug-likeness (QED) is 0.471. The molecular weight excluding hydrogens is 359 g/mol. The highest BCUT2D eigenvalue weighted by molar-refractivity contribution is 14.0. The Balaban J connectivity index is 0.00000133. The van der Waals surface area contributed by atoms with Crippen molar-refractivity contribution in [1.82, 2.24) is 15.8 Å². The van der Waals surface area contributed by atoms with E-state index in [-0.39, 0.29) is 24.0 Å². The number of ether oxygens (including phenoxy) is 1. The Morgan fingerprint density at radius 2 is 2.42 bits per heavy atom. The van der Waals surface area contributed by atoms with Gasteiger partial charge in [-0.2, -0.15) is 0 Å². The number of halogens is 1. The molecule has 2 N–H and O–H groups in total. The smallest absolute Gasteiger partial charge is 0.191 e. The molecule has 2 aliphatic heterocycles. The van der Waals surface area contributed by atoms with Gasteiger partial charge in [0.15, 0.2) is 5.96 Å². The Labute approximate surface area is 129 Å². The third-order valence-corrected chi connectivity index (χ3v) is 3.58. The van der Waals surface area contributed by atoms with Crippen molar-refractivity contribution < 1.29 is 9.26 Å². The fourth-order valence-corrected chi connectivity index (χ4v) is 2.66. The van der Waals surface area contributed by atoms with Gasteiger partial charge in [-0.15, -0.1) is 24.0 Å². The van der Waals surface area contributed by atoms with Crippen LogP contribution < -0.4 is 10.6 Å². The molecule has 0 radical (unpaired) electrons. The Hall–Kier alpha value is -0.830. The maximum Gasteiger partial charge on any atom is 0.191 e. The molecule has 0 saturated carbocycles.